The van der Waals surface area contributed by atoms with Crippen molar-refractivity contribution in [2.75, 3.05) is 25.1 Å². The van der Waals surface area contributed by atoms with Crippen molar-refractivity contribution in [3.8, 4) is 5.88 Å². The summed E-state index contributed by atoms with van der Waals surface area (Å²) in [5.74, 6) is 1.45. The van der Waals surface area contributed by atoms with Crippen molar-refractivity contribution in [3.05, 3.63) is 18.2 Å². The van der Waals surface area contributed by atoms with Crippen LogP contribution in [0.4, 0.5) is 5.82 Å². The number of rotatable bonds is 6. The summed E-state index contributed by atoms with van der Waals surface area (Å²) in [6.45, 7) is 10.1. The molecule has 0 amide bonds. The zero-order valence-corrected chi connectivity index (χ0v) is 11.1. The van der Waals surface area contributed by atoms with Gasteiger partial charge in [0.1, 0.15) is 12.4 Å². The van der Waals surface area contributed by atoms with Gasteiger partial charge >= 0.3 is 0 Å². The lowest BCUT2D eigenvalue weighted by molar-refractivity contribution is 0.108. The van der Waals surface area contributed by atoms with Gasteiger partial charge in [-0.05, 0) is 33.8 Å². The molecule has 0 aliphatic heterocycles. The molecule has 1 aromatic heterocycles. The molecular formula is C13H22N2O2. The Balaban J connectivity index is 2.48. The predicted octanol–water partition coefficient (Wildman–Crippen LogP) is 2.71. The lowest BCUT2D eigenvalue weighted by Crippen LogP contribution is -2.26. The summed E-state index contributed by atoms with van der Waals surface area (Å²) in [5.41, 5.74) is -0.00303. The van der Waals surface area contributed by atoms with Crippen LogP contribution in [0, 0.1) is 0 Å². The highest BCUT2D eigenvalue weighted by Crippen LogP contribution is 2.15. The highest BCUT2D eigenvalue weighted by Gasteiger charge is 2.10. The van der Waals surface area contributed by atoms with E-state index in [0.717, 1.165) is 5.82 Å². The minimum Gasteiger partial charge on any atom is -0.475 e. The molecule has 0 spiro atoms. The monoisotopic (exact) mass is 238 g/mol. The topological polar surface area (TPSA) is 43.4 Å². The Kier molecular flexibility index (Phi) is 5.22. The molecule has 17 heavy (non-hydrogen) atoms. The number of pyridine rings is 1. The second-order valence-corrected chi connectivity index (χ2v) is 4.78. The van der Waals surface area contributed by atoms with Crippen molar-refractivity contribution in [2.45, 2.75) is 33.2 Å². The largest absolute Gasteiger partial charge is 0.475 e. The van der Waals surface area contributed by atoms with E-state index in [1.54, 1.807) is 0 Å². The normalized spacial score (nSPS) is 11.3. The molecule has 0 aromatic carbocycles. The Morgan fingerprint density at radius 2 is 2.00 bits per heavy atom. The number of ether oxygens (including phenoxy) is 2. The van der Waals surface area contributed by atoms with Crippen LogP contribution in [0.15, 0.2) is 18.2 Å². The average Bonchev–Trinajstić information content (AvgIpc) is 2.23. The Labute approximate surface area is 103 Å². The van der Waals surface area contributed by atoms with Gasteiger partial charge in [0.25, 0.3) is 0 Å². The van der Waals surface area contributed by atoms with E-state index in [2.05, 4.69) is 31.1 Å². The van der Waals surface area contributed by atoms with Crippen LogP contribution in [-0.2, 0) is 4.74 Å². The van der Waals surface area contributed by atoms with Gasteiger partial charge in [-0.2, -0.15) is 4.98 Å². The van der Waals surface area contributed by atoms with Crippen LogP contribution >= 0.6 is 0 Å². The van der Waals surface area contributed by atoms with Crippen molar-refractivity contribution in [3.63, 3.8) is 0 Å². The zero-order chi connectivity index (χ0) is 12.7. The maximum absolute atomic E-state index is 5.49. The molecule has 4 nitrogen and oxygen atoms in total. The molecule has 4 heteroatoms. The van der Waals surface area contributed by atoms with Crippen molar-refractivity contribution in [1.82, 2.24) is 4.98 Å². The molecule has 1 heterocycles. The van der Waals surface area contributed by atoms with E-state index in [-0.39, 0.29) is 5.54 Å². The van der Waals surface area contributed by atoms with Crippen molar-refractivity contribution < 1.29 is 9.47 Å². The van der Waals surface area contributed by atoms with Crippen molar-refractivity contribution >= 4 is 5.82 Å². The third-order valence-electron chi connectivity index (χ3n) is 1.91. The van der Waals surface area contributed by atoms with Crippen molar-refractivity contribution in [2.24, 2.45) is 0 Å². The highest BCUT2D eigenvalue weighted by atomic mass is 16.5. The quantitative estimate of drug-likeness (QED) is 0.774. The van der Waals surface area contributed by atoms with Gasteiger partial charge in [-0.25, -0.2) is 0 Å². The fourth-order valence-corrected chi connectivity index (χ4v) is 1.30. The van der Waals surface area contributed by atoms with E-state index in [1.165, 1.54) is 0 Å². The van der Waals surface area contributed by atoms with E-state index in [1.807, 2.05) is 25.1 Å². The van der Waals surface area contributed by atoms with Gasteiger partial charge < -0.3 is 14.8 Å². The molecule has 0 unspecified atom stereocenters. The zero-order valence-electron chi connectivity index (χ0n) is 11.1. The van der Waals surface area contributed by atoms with Crippen LogP contribution in [0.2, 0.25) is 0 Å². The molecule has 1 N–H and O–H groups in total. The van der Waals surface area contributed by atoms with Gasteiger partial charge in [0.2, 0.25) is 5.88 Å². The van der Waals surface area contributed by atoms with Gasteiger partial charge in [-0.3, -0.25) is 0 Å². The number of hydrogen-bond donors (Lipinski definition) is 1. The van der Waals surface area contributed by atoms with Crippen LogP contribution in [-0.4, -0.2) is 30.3 Å². The van der Waals surface area contributed by atoms with Crippen LogP contribution in [0.25, 0.3) is 0 Å². The number of nitrogens with one attached hydrogen (secondary N) is 1. The molecule has 96 valence electrons. The molecule has 0 saturated heterocycles. The van der Waals surface area contributed by atoms with Gasteiger partial charge in [0.15, 0.2) is 0 Å². The SMILES string of the molecule is CCOCCOc1cccc(NC(C)(C)C)n1. The number of nitrogens with zero attached hydrogens (tertiary/aromatic N) is 1. The highest BCUT2D eigenvalue weighted by molar-refractivity contribution is 5.39. The lowest BCUT2D eigenvalue weighted by Gasteiger charge is -2.21. The summed E-state index contributed by atoms with van der Waals surface area (Å²) in [5, 5.41) is 3.30. The molecule has 0 fully saturated rings. The van der Waals surface area contributed by atoms with E-state index >= 15 is 0 Å². The maximum atomic E-state index is 5.49. The minimum atomic E-state index is -0.00303. The van der Waals surface area contributed by atoms with Crippen LogP contribution < -0.4 is 10.1 Å². The first-order valence-corrected chi connectivity index (χ1v) is 5.97. The molecule has 1 aromatic rings. The van der Waals surface area contributed by atoms with E-state index in [0.29, 0.717) is 25.7 Å². The molecule has 0 atom stereocenters. The molecule has 0 saturated carbocycles. The summed E-state index contributed by atoms with van der Waals surface area (Å²) >= 11 is 0. The lowest BCUT2D eigenvalue weighted by atomic mass is 10.1. The Hall–Kier alpha value is -1.29. The summed E-state index contributed by atoms with van der Waals surface area (Å²) in [7, 11) is 0. The summed E-state index contributed by atoms with van der Waals surface area (Å²) in [4.78, 5) is 4.37. The average molecular weight is 238 g/mol. The van der Waals surface area contributed by atoms with Crippen molar-refractivity contribution in [1.29, 1.82) is 0 Å². The van der Waals surface area contributed by atoms with Crippen LogP contribution in [0.5, 0.6) is 5.88 Å². The number of aromatic nitrogens is 1. The van der Waals surface area contributed by atoms with E-state index < -0.39 is 0 Å². The predicted molar refractivity (Wildman–Crippen MR) is 69.6 cm³/mol. The smallest absolute Gasteiger partial charge is 0.215 e. The third-order valence-corrected chi connectivity index (χ3v) is 1.91. The summed E-state index contributed by atoms with van der Waals surface area (Å²) in [6, 6.07) is 5.71. The Morgan fingerprint density at radius 1 is 1.24 bits per heavy atom. The minimum absolute atomic E-state index is 0.00303. The van der Waals surface area contributed by atoms with Gasteiger partial charge in [-0.15, -0.1) is 0 Å². The molecule has 0 aliphatic rings. The van der Waals surface area contributed by atoms with Gasteiger partial charge in [0.05, 0.1) is 6.61 Å². The second-order valence-electron chi connectivity index (χ2n) is 4.78. The Morgan fingerprint density at radius 3 is 2.65 bits per heavy atom. The first-order valence-electron chi connectivity index (χ1n) is 5.97. The molecule has 0 bridgehead atoms. The fourth-order valence-electron chi connectivity index (χ4n) is 1.30. The van der Waals surface area contributed by atoms with Crippen LogP contribution in [0.1, 0.15) is 27.7 Å². The fraction of sp³-hybridized carbons (Fsp3) is 0.615. The third kappa shape index (κ3) is 6.12. The Bertz CT molecular complexity index is 334. The second kappa shape index (κ2) is 6.45. The van der Waals surface area contributed by atoms with E-state index in [4.69, 9.17) is 9.47 Å². The molecule has 0 radical (unpaired) electrons. The standard InChI is InChI=1S/C13H22N2O2/c1-5-16-9-10-17-12-8-6-7-11(14-12)15-13(2,3)4/h6-8H,5,9-10H2,1-4H3,(H,14,15). The molecule has 0 aliphatic carbocycles. The van der Waals surface area contributed by atoms with E-state index in [9.17, 15) is 0 Å². The number of anilines is 1. The maximum Gasteiger partial charge on any atom is 0.215 e. The molecular weight excluding hydrogens is 216 g/mol. The van der Waals surface area contributed by atoms with Gasteiger partial charge in [-0.1, -0.05) is 6.07 Å². The first-order chi connectivity index (χ1) is 8.01. The van der Waals surface area contributed by atoms with Crippen LogP contribution in [0.3, 0.4) is 0 Å². The summed E-state index contributed by atoms with van der Waals surface area (Å²) < 4.78 is 10.7. The first kappa shape index (κ1) is 13.8. The molecule has 1 rings (SSSR count). The summed E-state index contributed by atoms with van der Waals surface area (Å²) in [6.07, 6.45) is 0. The van der Waals surface area contributed by atoms with Gasteiger partial charge in [0, 0.05) is 18.2 Å². The number of hydrogen-bond acceptors (Lipinski definition) is 4.